The van der Waals surface area contributed by atoms with Crippen LogP contribution >= 0.6 is 0 Å². The van der Waals surface area contributed by atoms with Crippen molar-refractivity contribution in [2.75, 3.05) is 13.1 Å². The highest BCUT2D eigenvalue weighted by molar-refractivity contribution is 5.75. The lowest BCUT2D eigenvalue weighted by atomic mass is 10.7. The fourth-order valence-corrected chi connectivity index (χ4v) is 0.415. The summed E-state index contributed by atoms with van der Waals surface area (Å²) in [6, 6.07) is -0.0463. The lowest BCUT2D eigenvalue weighted by Crippen LogP contribution is -2.20. The Morgan fingerprint density at radius 3 is 1.86 bits per heavy atom. The zero-order chi connectivity index (χ0) is 4.41. The average Bonchev–Trinajstić information content (AvgIpc) is 1.86. The topological polar surface area (TPSA) is 71.6 Å². The molecule has 1 saturated heterocycles. The summed E-state index contributed by atoms with van der Waals surface area (Å²) in [6.45, 7) is 1.55. The Morgan fingerprint density at radius 2 is 1.71 bits per heavy atom. The van der Waals surface area contributed by atoms with Gasteiger partial charge in [0.2, 0.25) is 0 Å². The van der Waals surface area contributed by atoms with Gasteiger partial charge in [-0.1, -0.05) is 0 Å². The van der Waals surface area contributed by atoms with Crippen LogP contribution in [0.3, 0.4) is 0 Å². The maximum Gasteiger partial charge on any atom is 0.314 e. The summed E-state index contributed by atoms with van der Waals surface area (Å²) in [5, 5.41) is 5.14. The van der Waals surface area contributed by atoms with Crippen molar-refractivity contribution in [3.8, 4) is 0 Å². The van der Waals surface area contributed by atoms with E-state index in [1.54, 1.807) is 0 Å². The van der Waals surface area contributed by atoms with Crippen molar-refractivity contribution in [2.45, 2.75) is 0 Å². The van der Waals surface area contributed by atoms with Gasteiger partial charge in [-0.2, -0.15) is 0 Å². The van der Waals surface area contributed by atoms with Crippen LogP contribution in [-0.4, -0.2) is 19.1 Å². The molecule has 7 heavy (non-hydrogen) atoms. The van der Waals surface area contributed by atoms with E-state index in [-0.39, 0.29) is 12.2 Å². The fraction of sp³-hybridized carbons (Fsp3) is 0.667. The molecule has 1 aliphatic rings. The first-order valence-electron chi connectivity index (χ1n) is 1.91. The Bertz CT molecular complexity index is 64.6. The van der Waals surface area contributed by atoms with Gasteiger partial charge in [-0.3, -0.25) is 0 Å². The van der Waals surface area contributed by atoms with Gasteiger partial charge >= 0.3 is 6.03 Å². The molecule has 0 saturated carbocycles. The molecule has 0 aromatic carbocycles. The van der Waals surface area contributed by atoms with Gasteiger partial charge in [0.1, 0.15) is 0 Å². The molecule has 3 radical (unpaired) electrons. The molecule has 0 aromatic heterocycles. The van der Waals surface area contributed by atoms with Gasteiger partial charge in [-0.05, 0) is 0 Å². The Morgan fingerprint density at radius 1 is 1.29 bits per heavy atom. The van der Waals surface area contributed by atoms with Crippen LogP contribution in [0.4, 0.5) is 4.79 Å². The number of carbonyl (C=O) groups excluding carboxylic acids is 1. The van der Waals surface area contributed by atoms with E-state index < -0.39 is 0 Å². The first-order valence-corrected chi connectivity index (χ1v) is 1.91. The first kappa shape index (κ1) is 6.23. The fourth-order valence-electron chi connectivity index (χ4n) is 0.415. The summed E-state index contributed by atoms with van der Waals surface area (Å²) in [6.07, 6.45) is 0. The summed E-state index contributed by atoms with van der Waals surface area (Å²) >= 11 is 0. The van der Waals surface area contributed by atoms with Crippen LogP contribution in [0.2, 0.25) is 0 Å². The second-order valence-electron chi connectivity index (χ2n) is 1.18. The number of urea groups is 1. The van der Waals surface area contributed by atoms with Crippen LogP contribution in [0.15, 0.2) is 0 Å². The number of nitrogens with one attached hydrogen (secondary N) is 2. The molecule has 2 amide bonds. The molecular weight excluding hydrogens is 94.1 g/mol. The average molecular weight is 100 g/mol. The lowest BCUT2D eigenvalue weighted by molar-refractivity contribution is 0.248. The highest BCUT2D eigenvalue weighted by Crippen LogP contribution is 1.69. The predicted molar refractivity (Wildman–Crippen MR) is 23.5 cm³/mol. The lowest BCUT2D eigenvalue weighted by Gasteiger charge is -1.80. The van der Waals surface area contributed by atoms with E-state index >= 15 is 0 Å². The standard InChI is InChI=1S/C3H6N2O.N/c6-3-4-1-2-5-3;/h1-2H2,(H2,4,5,6);. The van der Waals surface area contributed by atoms with E-state index in [4.69, 9.17) is 0 Å². The largest absolute Gasteiger partial charge is 0.336 e. The molecule has 1 rings (SSSR count). The molecule has 1 fully saturated rings. The number of amides is 2. The minimum atomic E-state index is -0.0463. The molecule has 39 valence electrons. The van der Waals surface area contributed by atoms with E-state index in [1.165, 1.54) is 0 Å². The molecule has 1 aliphatic heterocycles. The minimum absolute atomic E-state index is 0. The molecule has 4 heteroatoms. The summed E-state index contributed by atoms with van der Waals surface area (Å²) in [5.74, 6) is 0. The zero-order valence-electron chi connectivity index (χ0n) is 3.77. The van der Waals surface area contributed by atoms with Gasteiger partial charge in [0.15, 0.2) is 0 Å². The Kier molecular flexibility index (Phi) is 2.15. The quantitative estimate of drug-likeness (QED) is 0.395. The van der Waals surface area contributed by atoms with Crippen LogP contribution in [0, 0.1) is 0 Å². The smallest absolute Gasteiger partial charge is 0.314 e. The molecule has 0 atom stereocenters. The third-order valence-corrected chi connectivity index (χ3v) is 0.696. The SMILES string of the molecule is O=C1NCCN1.[N]. The molecule has 2 N–H and O–H groups in total. The maximum atomic E-state index is 10.0. The van der Waals surface area contributed by atoms with Crippen LogP contribution in [0.25, 0.3) is 0 Å². The second-order valence-corrected chi connectivity index (χ2v) is 1.18. The van der Waals surface area contributed by atoms with Crippen LogP contribution in [0.5, 0.6) is 0 Å². The Hall–Kier alpha value is -0.770. The zero-order valence-corrected chi connectivity index (χ0v) is 3.77. The van der Waals surface area contributed by atoms with Crippen molar-refractivity contribution in [1.29, 1.82) is 0 Å². The van der Waals surface area contributed by atoms with E-state index in [9.17, 15) is 4.79 Å². The van der Waals surface area contributed by atoms with Crippen molar-refractivity contribution in [3.05, 3.63) is 0 Å². The molecular formula is C3H6N3O. The van der Waals surface area contributed by atoms with Crippen molar-refractivity contribution < 1.29 is 4.79 Å². The predicted octanol–water partition coefficient (Wildman–Crippen LogP) is -1.18. The van der Waals surface area contributed by atoms with Crippen molar-refractivity contribution in [1.82, 2.24) is 16.8 Å². The summed E-state index contributed by atoms with van der Waals surface area (Å²) in [5.41, 5.74) is 0. The van der Waals surface area contributed by atoms with Crippen molar-refractivity contribution in [2.24, 2.45) is 0 Å². The van der Waals surface area contributed by atoms with Crippen molar-refractivity contribution >= 4 is 6.03 Å². The molecule has 0 bridgehead atoms. The third-order valence-electron chi connectivity index (χ3n) is 0.696. The molecule has 0 aromatic rings. The monoisotopic (exact) mass is 100 g/mol. The highest BCUT2D eigenvalue weighted by atomic mass is 16.2. The molecule has 0 aliphatic carbocycles. The minimum Gasteiger partial charge on any atom is -0.336 e. The molecule has 4 nitrogen and oxygen atoms in total. The number of hydrogen-bond donors (Lipinski definition) is 2. The van der Waals surface area contributed by atoms with Gasteiger partial charge < -0.3 is 10.6 Å². The van der Waals surface area contributed by atoms with Crippen LogP contribution in [0.1, 0.15) is 0 Å². The summed E-state index contributed by atoms with van der Waals surface area (Å²) < 4.78 is 0. The van der Waals surface area contributed by atoms with Gasteiger partial charge in [0.25, 0.3) is 0 Å². The number of carbonyl (C=O) groups is 1. The summed E-state index contributed by atoms with van der Waals surface area (Å²) in [4.78, 5) is 10.0. The second kappa shape index (κ2) is 2.41. The van der Waals surface area contributed by atoms with Crippen LogP contribution in [-0.2, 0) is 0 Å². The molecule has 0 unspecified atom stereocenters. The van der Waals surface area contributed by atoms with Crippen LogP contribution < -0.4 is 16.8 Å². The molecule has 0 spiro atoms. The normalized spacial score (nSPS) is 16.9. The first-order chi connectivity index (χ1) is 2.89. The van der Waals surface area contributed by atoms with E-state index in [2.05, 4.69) is 10.6 Å². The molecule has 1 heterocycles. The Labute approximate surface area is 41.9 Å². The Balaban J connectivity index is 0.000000360. The highest BCUT2D eigenvalue weighted by Gasteiger charge is 2.02. The summed E-state index contributed by atoms with van der Waals surface area (Å²) in [7, 11) is 0. The number of nitrogens with zero attached hydrogens (tertiary/aromatic N) is 1. The van der Waals surface area contributed by atoms with E-state index in [1.807, 2.05) is 0 Å². The van der Waals surface area contributed by atoms with Gasteiger partial charge in [0, 0.05) is 19.2 Å². The van der Waals surface area contributed by atoms with Gasteiger partial charge in [0.05, 0.1) is 0 Å². The van der Waals surface area contributed by atoms with E-state index in [0.717, 1.165) is 13.1 Å². The number of hydrogen-bond acceptors (Lipinski definition) is 1. The van der Waals surface area contributed by atoms with E-state index in [0.29, 0.717) is 0 Å². The third kappa shape index (κ3) is 1.41. The van der Waals surface area contributed by atoms with Gasteiger partial charge in [-0.25, -0.2) is 4.79 Å². The maximum absolute atomic E-state index is 10.0. The van der Waals surface area contributed by atoms with Gasteiger partial charge in [-0.15, -0.1) is 0 Å². The number of rotatable bonds is 0. The van der Waals surface area contributed by atoms with Crippen molar-refractivity contribution in [3.63, 3.8) is 0 Å².